The molecule has 90 valence electrons. The number of aliphatic hydroxyl groups excluding tert-OH is 1. The molecule has 1 aromatic carbocycles. The van der Waals surface area contributed by atoms with Crippen LogP contribution in [0.3, 0.4) is 0 Å². The van der Waals surface area contributed by atoms with Crippen LogP contribution in [0, 0.1) is 0 Å². The third kappa shape index (κ3) is 3.81. The lowest BCUT2D eigenvalue weighted by Crippen LogP contribution is -1.99. The Hall–Kier alpha value is -0.350. The number of hydrogen-bond donors (Lipinski definition) is 1. The predicted octanol–water partition coefficient (Wildman–Crippen LogP) is 4.83. The molecule has 2 rings (SSSR count). The van der Waals surface area contributed by atoms with E-state index in [-0.39, 0.29) is 0 Å². The summed E-state index contributed by atoms with van der Waals surface area (Å²) in [6.45, 7) is 0. The highest BCUT2D eigenvalue weighted by Gasteiger charge is 2.09. The Morgan fingerprint density at radius 2 is 2.18 bits per heavy atom. The Morgan fingerprint density at radius 3 is 2.82 bits per heavy atom. The molecule has 1 unspecified atom stereocenters. The van der Waals surface area contributed by atoms with Crippen molar-refractivity contribution in [2.45, 2.75) is 18.9 Å². The molecule has 1 N–H and O–H groups in total. The average Bonchev–Trinajstić information content (AvgIpc) is 2.77. The molecule has 1 heterocycles. The second-order valence-corrected chi connectivity index (χ2v) is 6.02. The predicted molar refractivity (Wildman–Crippen MR) is 76.8 cm³/mol. The number of rotatable bonds is 4. The highest BCUT2D eigenvalue weighted by Crippen LogP contribution is 2.26. The van der Waals surface area contributed by atoms with Gasteiger partial charge in [0.2, 0.25) is 0 Å². The molecular weight excluding hydrogens is 320 g/mol. The van der Waals surface area contributed by atoms with Crippen molar-refractivity contribution in [1.82, 2.24) is 0 Å². The molecule has 0 saturated carbocycles. The maximum Gasteiger partial charge on any atom is 0.0794 e. The quantitative estimate of drug-likeness (QED) is 0.850. The zero-order chi connectivity index (χ0) is 12.3. The fourth-order valence-electron chi connectivity index (χ4n) is 1.67. The molecule has 1 atom stereocenters. The Morgan fingerprint density at radius 1 is 1.35 bits per heavy atom. The first-order chi connectivity index (χ1) is 8.15. The number of aryl methyl sites for hydroxylation is 1. The molecule has 4 heteroatoms. The molecule has 1 aromatic heterocycles. The maximum atomic E-state index is 10.1. The standard InChI is InChI=1S/C13H12BrClOS/c14-11-5-10(6-12(15)7-11)13(16)2-1-9-3-4-17-8-9/h3-8,13,16H,1-2H2. The van der Waals surface area contributed by atoms with E-state index in [1.165, 1.54) is 5.56 Å². The van der Waals surface area contributed by atoms with E-state index < -0.39 is 6.10 Å². The minimum atomic E-state index is -0.468. The minimum absolute atomic E-state index is 0.468. The Bertz CT molecular complexity index is 464. The SMILES string of the molecule is OC(CCc1ccsc1)c1cc(Cl)cc(Br)c1. The van der Waals surface area contributed by atoms with Crippen molar-refractivity contribution in [3.8, 4) is 0 Å². The normalized spacial score (nSPS) is 12.6. The molecule has 0 spiro atoms. The van der Waals surface area contributed by atoms with Gasteiger partial charge in [-0.25, -0.2) is 0 Å². The van der Waals surface area contributed by atoms with E-state index in [2.05, 4.69) is 32.8 Å². The monoisotopic (exact) mass is 330 g/mol. The van der Waals surface area contributed by atoms with E-state index in [0.717, 1.165) is 16.5 Å². The van der Waals surface area contributed by atoms with Gasteiger partial charge in [0.25, 0.3) is 0 Å². The lowest BCUT2D eigenvalue weighted by molar-refractivity contribution is 0.168. The Labute approximate surface area is 118 Å². The first-order valence-electron chi connectivity index (χ1n) is 5.30. The van der Waals surface area contributed by atoms with Crippen molar-refractivity contribution in [2.24, 2.45) is 0 Å². The van der Waals surface area contributed by atoms with E-state index in [1.807, 2.05) is 18.2 Å². The highest BCUT2D eigenvalue weighted by molar-refractivity contribution is 9.10. The van der Waals surface area contributed by atoms with Gasteiger partial charge in [0.05, 0.1) is 6.10 Å². The fourth-order valence-corrected chi connectivity index (χ4v) is 3.26. The van der Waals surface area contributed by atoms with Gasteiger partial charge in [-0.2, -0.15) is 11.3 Å². The smallest absolute Gasteiger partial charge is 0.0794 e. The number of aliphatic hydroxyl groups is 1. The first kappa shape index (κ1) is 13.1. The summed E-state index contributed by atoms with van der Waals surface area (Å²) in [4.78, 5) is 0. The summed E-state index contributed by atoms with van der Waals surface area (Å²) >= 11 is 11.0. The summed E-state index contributed by atoms with van der Waals surface area (Å²) < 4.78 is 0.898. The van der Waals surface area contributed by atoms with Gasteiger partial charge in [0.15, 0.2) is 0 Å². The van der Waals surface area contributed by atoms with Crippen LogP contribution in [-0.4, -0.2) is 5.11 Å². The van der Waals surface area contributed by atoms with E-state index in [4.69, 9.17) is 11.6 Å². The van der Waals surface area contributed by atoms with Crippen LogP contribution in [0.2, 0.25) is 5.02 Å². The van der Waals surface area contributed by atoms with Crippen LogP contribution in [0.4, 0.5) is 0 Å². The topological polar surface area (TPSA) is 20.2 Å². The third-order valence-corrected chi connectivity index (χ3v) is 3.96. The summed E-state index contributed by atoms with van der Waals surface area (Å²) in [7, 11) is 0. The van der Waals surface area contributed by atoms with Crippen LogP contribution in [0.5, 0.6) is 0 Å². The lowest BCUT2D eigenvalue weighted by atomic mass is 10.0. The molecule has 1 nitrogen and oxygen atoms in total. The van der Waals surface area contributed by atoms with Crippen molar-refractivity contribution >= 4 is 38.9 Å². The van der Waals surface area contributed by atoms with Crippen LogP contribution in [0.1, 0.15) is 23.7 Å². The van der Waals surface area contributed by atoms with Gasteiger partial charge in [-0.15, -0.1) is 0 Å². The number of halogens is 2. The molecule has 0 bridgehead atoms. The van der Waals surface area contributed by atoms with E-state index >= 15 is 0 Å². The van der Waals surface area contributed by atoms with Crippen molar-refractivity contribution in [2.75, 3.05) is 0 Å². The van der Waals surface area contributed by atoms with Gasteiger partial charge < -0.3 is 5.11 Å². The average molecular weight is 332 g/mol. The molecule has 17 heavy (non-hydrogen) atoms. The molecular formula is C13H12BrClOS. The number of benzene rings is 1. The van der Waals surface area contributed by atoms with Gasteiger partial charge in [0, 0.05) is 9.50 Å². The molecule has 0 aliphatic rings. The number of hydrogen-bond acceptors (Lipinski definition) is 2. The van der Waals surface area contributed by atoms with E-state index in [1.54, 1.807) is 11.3 Å². The summed E-state index contributed by atoms with van der Waals surface area (Å²) in [5, 5.41) is 14.9. The summed E-state index contributed by atoms with van der Waals surface area (Å²) in [6.07, 6.45) is 1.13. The van der Waals surface area contributed by atoms with Gasteiger partial charge in [-0.05, 0) is 59.0 Å². The van der Waals surface area contributed by atoms with Crippen LogP contribution in [0.15, 0.2) is 39.5 Å². The maximum absolute atomic E-state index is 10.1. The van der Waals surface area contributed by atoms with E-state index in [9.17, 15) is 5.11 Å². The van der Waals surface area contributed by atoms with Crippen molar-refractivity contribution in [3.63, 3.8) is 0 Å². The van der Waals surface area contributed by atoms with Crippen molar-refractivity contribution in [1.29, 1.82) is 0 Å². The molecule has 0 fully saturated rings. The van der Waals surface area contributed by atoms with Crippen LogP contribution in [0.25, 0.3) is 0 Å². The third-order valence-electron chi connectivity index (χ3n) is 2.56. The van der Waals surface area contributed by atoms with Gasteiger partial charge in [-0.3, -0.25) is 0 Å². The molecule has 0 amide bonds. The first-order valence-corrected chi connectivity index (χ1v) is 7.41. The second-order valence-electron chi connectivity index (χ2n) is 3.89. The largest absolute Gasteiger partial charge is 0.388 e. The van der Waals surface area contributed by atoms with Crippen LogP contribution < -0.4 is 0 Å². The summed E-state index contributed by atoms with van der Waals surface area (Å²) in [5.41, 5.74) is 2.13. The zero-order valence-electron chi connectivity index (χ0n) is 9.07. The van der Waals surface area contributed by atoms with Gasteiger partial charge in [0.1, 0.15) is 0 Å². The Kier molecular flexibility index (Phi) is 4.62. The lowest BCUT2D eigenvalue weighted by Gasteiger charge is -2.11. The number of thiophene rings is 1. The van der Waals surface area contributed by atoms with Gasteiger partial charge >= 0.3 is 0 Å². The van der Waals surface area contributed by atoms with Crippen LogP contribution >= 0.6 is 38.9 Å². The molecule has 2 aromatic rings. The van der Waals surface area contributed by atoms with Crippen molar-refractivity contribution in [3.05, 3.63) is 55.6 Å². The molecule has 0 aliphatic carbocycles. The fraction of sp³-hybridized carbons (Fsp3) is 0.231. The molecule has 0 aliphatic heterocycles. The van der Waals surface area contributed by atoms with Gasteiger partial charge in [-0.1, -0.05) is 27.5 Å². The zero-order valence-corrected chi connectivity index (χ0v) is 12.2. The van der Waals surface area contributed by atoms with E-state index in [0.29, 0.717) is 11.4 Å². The van der Waals surface area contributed by atoms with Crippen molar-refractivity contribution < 1.29 is 5.11 Å². The summed E-state index contributed by atoms with van der Waals surface area (Å²) in [5.74, 6) is 0. The highest BCUT2D eigenvalue weighted by atomic mass is 79.9. The second kappa shape index (κ2) is 6.01. The minimum Gasteiger partial charge on any atom is -0.388 e. The van der Waals surface area contributed by atoms with Crippen LogP contribution in [-0.2, 0) is 6.42 Å². The Balaban J connectivity index is 2.01. The molecule has 0 radical (unpaired) electrons. The molecule has 0 saturated heterocycles. The summed E-state index contributed by atoms with van der Waals surface area (Å²) in [6, 6.07) is 7.62.